The van der Waals surface area contributed by atoms with E-state index in [1.807, 2.05) is 0 Å². The fourth-order valence-electron chi connectivity index (χ4n) is 2.12. The number of carboxylic acid groups (broad SMARTS) is 1. The molecule has 0 fully saturated rings. The van der Waals surface area contributed by atoms with E-state index in [0.717, 1.165) is 16.9 Å². The van der Waals surface area contributed by atoms with Crippen molar-refractivity contribution in [2.75, 3.05) is 13.7 Å². The Morgan fingerprint density at radius 1 is 1.14 bits per heavy atom. The zero-order valence-electron chi connectivity index (χ0n) is 12.4. The molecule has 0 spiro atoms. The Bertz CT molecular complexity index is 649. The minimum atomic E-state index is -1.03. The molecule has 0 saturated heterocycles. The number of methoxy groups -OCH3 is 1. The van der Waals surface area contributed by atoms with Gasteiger partial charge in [-0.25, -0.2) is 4.79 Å². The molecule has 5 heteroatoms. The maximum absolute atomic E-state index is 10.5. The Kier molecular flexibility index (Phi) is 5.01. The number of hydrogen-bond acceptors (Lipinski definition) is 4. The Morgan fingerprint density at radius 2 is 1.77 bits per heavy atom. The van der Waals surface area contributed by atoms with Gasteiger partial charge in [-0.05, 0) is 47.9 Å². The van der Waals surface area contributed by atoms with Crippen LogP contribution in [0, 0.1) is 6.92 Å². The first-order valence-electron chi connectivity index (χ1n) is 6.78. The van der Waals surface area contributed by atoms with E-state index < -0.39 is 12.1 Å². The highest BCUT2D eigenvalue weighted by Gasteiger charge is 2.12. The minimum Gasteiger partial charge on any atom is -0.497 e. The summed E-state index contributed by atoms with van der Waals surface area (Å²) in [7, 11) is 1.59. The summed E-state index contributed by atoms with van der Waals surface area (Å²) in [6.07, 6.45) is -0.766. The molecule has 0 heterocycles. The van der Waals surface area contributed by atoms with Crippen molar-refractivity contribution in [3.05, 3.63) is 59.2 Å². The molecule has 0 aliphatic heterocycles. The second kappa shape index (κ2) is 6.95. The summed E-state index contributed by atoms with van der Waals surface area (Å²) in [4.78, 5) is 10.5. The standard InChI is InChI=1S/C17H18O5/c1-11-9-13(5-8-15(11)22-10-16(18)19)17(20)12-3-6-14(21-2)7-4-12/h3-9,17,20H,10H2,1-2H3,(H,18,19). The van der Waals surface area contributed by atoms with Crippen LogP contribution < -0.4 is 9.47 Å². The molecule has 1 atom stereocenters. The molecule has 0 aromatic heterocycles. The fraction of sp³-hybridized carbons (Fsp3) is 0.235. The molecule has 116 valence electrons. The number of aliphatic carboxylic acids is 1. The summed E-state index contributed by atoms with van der Waals surface area (Å²) in [5, 5.41) is 19.0. The third-order valence-corrected chi connectivity index (χ3v) is 3.30. The van der Waals surface area contributed by atoms with Gasteiger partial charge in [0.05, 0.1) is 7.11 Å². The summed E-state index contributed by atoms with van der Waals surface area (Å²) >= 11 is 0. The second-order valence-electron chi connectivity index (χ2n) is 4.88. The molecule has 0 aliphatic carbocycles. The molecule has 2 rings (SSSR count). The van der Waals surface area contributed by atoms with Gasteiger partial charge in [0.1, 0.15) is 17.6 Å². The topological polar surface area (TPSA) is 76.0 Å². The number of benzene rings is 2. The van der Waals surface area contributed by atoms with E-state index in [4.69, 9.17) is 14.6 Å². The van der Waals surface area contributed by atoms with Crippen molar-refractivity contribution in [2.45, 2.75) is 13.0 Å². The zero-order chi connectivity index (χ0) is 16.1. The van der Waals surface area contributed by atoms with Crippen molar-refractivity contribution in [1.82, 2.24) is 0 Å². The SMILES string of the molecule is COc1ccc(C(O)c2ccc(OCC(=O)O)c(C)c2)cc1. The molecule has 0 amide bonds. The summed E-state index contributed by atoms with van der Waals surface area (Å²) < 4.78 is 10.3. The molecule has 0 bridgehead atoms. The summed E-state index contributed by atoms with van der Waals surface area (Å²) in [6, 6.07) is 12.3. The van der Waals surface area contributed by atoms with E-state index in [0.29, 0.717) is 11.3 Å². The lowest BCUT2D eigenvalue weighted by Gasteiger charge is -2.14. The van der Waals surface area contributed by atoms with Crippen LogP contribution in [0.5, 0.6) is 11.5 Å². The van der Waals surface area contributed by atoms with Gasteiger partial charge >= 0.3 is 5.97 Å². The van der Waals surface area contributed by atoms with Crippen LogP contribution in [-0.2, 0) is 4.79 Å². The lowest BCUT2D eigenvalue weighted by atomic mass is 9.99. The van der Waals surface area contributed by atoms with Crippen molar-refractivity contribution in [3.63, 3.8) is 0 Å². The zero-order valence-corrected chi connectivity index (χ0v) is 12.4. The van der Waals surface area contributed by atoms with Gasteiger partial charge in [0, 0.05) is 0 Å². The van der Waals surface area contributed by atoms with Crippen molar-refractivity contribution in [3.8, 4) is 11.5 Å². The number of ether oxygens (including phenoxy) is 2. The molecular formula is C17H18O5. The average molecular weight is 302 g/mol. The molecule has 0 aliphatic rings. The number of aryl methyl sites for hydroxylation is 1. The summed E-state index contributed by atoms with van der Waals surface area (Å²) in [5.41, 5.74) is 2.23. The molecule has 1 unspecified atom stereocenters. The fourth-order valence-corrected chi connectivity index (χ4v) is 2.12. The third-order valence-electron chi connectivity index (χ3n) is 3.30. The van der Waals surface area contributed by atoms with Crippen molar-refractivity contribution >= 4 is 5.97 Å². The lowest BCUT2D eigenvalue weighted by molar-refractivity contribution is -0.139. The van der Waals surface area contributed by atoms with E-state index in [1.165, 1.54) is 0 Å². The van der Waals surface area contributed by atoms with Crippen LogP contribution in [0.4, 0.5) is 0 Å². The summed E-state index contributed by atoms with van der Waals surface area (Å²) in [6.45, 7) is 1.42. The average Bonchev–Trinajstić information content (AvgIpc) is 2.53. The highest BCUT2D eigenvalue weighted by atomic mass is 16.5. The van der Waals surface area contributed by atoms with Gasteiger partial charge < -0.3 is 19.7 Å². The molecule has 2 aromatic carbocycles. The molecule has 0 saturated carbocycles. The third kappa shape index (κ3) is 3.77. The van der Waals surface area contributed by atoms with Gasteiger partial charge in [0.15, 0.2) is 6.61 Å². The van der Waals surface area contributed by atoms with E-state index in [9.17, 15) is 9.90 Å². The Hall–Kier alpha value is -2.53. The highest BCUT2D eigenvalue weighted by Crippen LogP contribution is 2.27. The van der Waals surface area contributed by atoms with Crippen LogP contribution in [0.3, 0.4) is 0 Å². The largest absolute Gasteiger partial charge is 0.497 e. The van der Waals surface area contributed by atoms with E-state index >= 15 is 0 Å². The van der Waals surface area contributed by atoms with Crippen LogP contribution in [0.15, 0.2) is 42.5 Å². The number of hydrogen-bond donors (Lipinski definition) is 2. The Labute approximate surface area is 128 Å². The monoisotopic (exact) mass is 302 g/mol. The van der Waals surface area contributed by atoms with Crippen molar-refractivity contribution < 1.29 is 24.5 Å². The predicted molar refractivity (Wildman–Crippen MR) is 81.4 cm³/mol. The van der Waals surface area contributed by atoms with Crippen LogP contribution >= 0.6 is 0 Å². The predicted octanol–water partition coefficient (Wildman–Crippen LogP) is 2.55. The van der Waals surface area contributed by atoms with Crippen LogP contribution in [0.25, 0.3) is 0 Å². The first-order chi connectivity index (χ1) is 10.5. The Morgan fingerprint density at radius 3 is 2.32 bits per heavy atom. The lowest BCUT2D eigenvalue weighted by Crippen LogP contribution is -2.10. The molecule has 22 heavy (non-hydrogen) atoms. The quantitative estimate of drug-likeness (QED) is 0.857. The first-order valence-corrected chi connectivity index (χ1v) is 6.78. The molecule has 0 radical (unpaired) electrons. The van der Waals surface area contributed by atoms with Crippen LogP contribution in [0.2, 0.25) is 0 Å². The maximum atomic E-state index is 10.5. The number of carboxylic acids is 1. The van der Waals surface area contributed by atoms with Gasteiger partial charge in [-0.2, -0.15) is 0 Å². The van der Waals surface area contributed by atoms with E-state index in [-0.39, 0.29) is 6.61 Å². The van der Waals surface area contributed by atoms with Gasteiger partial charge in [-0.3, -0.25) is 0 Å². The highest BCUT2D eigenvalue weighted by molar-refractivity contribution is 5.68. The molecule has 5 nitrogen and oxygen atoms in total. The number of carbonyl (C=O) groups is 1. The number of aliphatic hydroxyl groups is 1. The second-order valence-corrected chi connectivity index (χ2v) is 4.88. The van der Waals surface area contributed by atoms with Crippen LogP contribution in [-0.4, -0.2) is 29.9 Å². The summed E-state index contributed by atoms with van der Waals surface area (Å²) in [5.74, 6) is 0.194. The van der Waals surface area contributed by atoms with Gasteiger partial charge in [0.25, 0.3) is 0 Å². The smallest absolute Gasteiger partial charge is 0.341 e. The molecular weight excluding hydrogens is 284 g/mol. The van der Waals surface area contributed by atoms with E-state index in [1.54, 1.807) is 56.5 Å². The van der Waals surface area contributed by atoms with Gasteiger partial charge in [-0.1, -0.05) is 18.2 Å². The van der Waals surface area contributed by atoms with Crippen molar-refractivity contribution in [2.24, 2.45) is 0 Å². The number of aliphatic hydroxyl groups excluding tert-OH is 1. The molecule has 2 N–H and O–H groups in total. The van der Waals surface area contributed by atoms with E-state index in [2.05, 4.69) is 0 Å². The van der Waals surface area contributed by atoms with Gasteiger partial charge in [-0.15, -0.1) is 0 Å². The normalized spacial score (nSPS) is 11.8. The first kappa shape index (κ1) is 15.9. The Balaban J connectivity index is 2.17. The molecule has 2 aromatic rings. The van der Waals surface area contributed by atoms with Crippen LogP contribution in [0.1, 0.15) is 22.8 Å². The van der Waals surface area contributed by atoms with Gasteiger partial charge in [0.2, 0.25) is 0 Å². The minimum absolute atomic E-state index is 0.388. The van der Waals surface area contributed by atoms with Crippen molar-refractivity contribution in [1.29, 1.82) is 0 Å². The number of rotatable bonds is 6. The maximum Gasteiger partial charge on any atom is 0.341 e.